The summed E-state index contributed by atoms with van der Waals surface area (Å²) >= 11 is 0. The fourth-order valence-corrected chi connectivity index (χ4v) is 2.34. The highest BCUT2D eigenvalue weighted by Gasteiger charge is 2.21. The normalized spacial score (nSPS) is 16.7. The summed E-state index contributed by atoms with van der Waals surface area (Å²) < 4.78 is 0. The maximum atomic E-state index is 11.8. The summed E-state index contributed by atoms with van der Waals surface area (Å²) in [6, 6.07) is -0.225. The highest BCUT2D eigenvalue weighted by molar-refractivity contribution is 5.74. The maximum absolute atomic E-state index is 11.8. The van der Waals surface area contributed by atoms with Crippen molar-refractivity contribution < 1.29 is 14.7 Å². The molecule has 0 aliphatic carbocycles. The van der Waals surface area contributed by atoms with Crippen molar-refractivity contribution in [3.05, 3.63) is 0 Å². The molecule has 1 aliphatic heterocycles. The van der Waals surface area contributed by atoms with Gasteiger partial charge in [-0.05, 0) is 46.2 Å². The van der Waals surface area contributed by atoms with Gasteiger partial charge in [0.25, 0.3) is 0 Å². The highest BCUT2D eigenvalue weighted by Crippen LogP contribution is 2.11. The molecule has 1 fully saturated rings. The van der Waals surface area contributed by atoms with Crippen LogP contribution in [0.15, 0.2) is 0 Å². The Labute approximate surface area is 120 Å². The number of hydrogen-bond acceptors (Lipinski definition) is 3. The van der Waals surface area contributed by atoms with E-state index in [0.29, 0.717) is 13.0 Å². The Balaban J connectivity index is 2.16. The Kier molecular flexibility index (Phi) is 6.78. The smallest absolute Gasteiger partial charge is 0.315 e. The molecule has 0 radical (unpaired) electrons. The van der Waals surface area contributed by atoms with Gasteiger partial charge in [-0.2, -0.15) is 0 Å². The van der Waals surface area contributed by atoms with Crippen LogP contribution in [0.5, 0.6) is 0 Å². The first-order chi connectivity index (χ1) is 9.39. The van der Waals surface area contributed by atoms with Crippen LogP contribution >= 0.6 is 0 Å². The third-order valence-electron chi connectivity index (χ3n) is 3.58. The molecule has 2 amide bonds. The summed E-state index contributed by atoms with van der Waals surface area (Å²) in [5, 5.41) is 14.3. The lowest BCUT2D eigenvalue weighted by Gasteiger charge is -2.28. The largest absolute Gasteiger partial charge is 0.481 e. The van der Waals surface area contributed by atoms with E-state index in [-0.39, 0.29) is 12.5 Å². The molecule has 0 saturated carbocycles. The second-order valence-corrected chi connectivity index (χ2v) is 6.06. The molecule has 116 valence electrons. The average Bonchev–Trinajstić information content (AvgIpc) is 2.37. The van der Waals surface area contributed by atoms with Crippen LogP contribution in [0.2, 0.25) is 0 Å². The molecule has 6 heteroatoms. The van der Waals surface area contributed by atoms with E-state index in [1.165, 1.54) is 19.3 Å². The molecule has 0 bridgehead atoms. The Bertz CT molecular complexity index is 326. The van der Waals surface area contributed by atoms with E-state index in [1.54, 1.807) is 0 Å². The number of amides is 2. The number of hydrogen-bond donors (Lipinski definition) is 3. The van der Waals surface area contributed by atoms with Crippen molar-refractivity contribution >= 4 is 12.0 Å². The summed E-state index contributed by atoms with van der Waals surface area (Å²) in [6.07, 6.45) is 4.27. The van der Waals surface area contributed by atoms with Gasteiger partial charge in [0.1, 0.15) is 0 Å². The van der Waals surface area contributed by atoms with Crippen molar-refractivity contribution in [1.29, 1.82) is 0 Å². The maximum Gasteiger partial charge on any atom is 0.315 e. The van der Waals surface area contributed by atoms with Crippen molar-refractivity contribution in [2.45, 2.75) is 51.5 Å². The van der Waals surface area contributed by atoms with Crippen molar-refractivity contribution in [1.82, 2.24) is 15.5 Å². The van der Waals surface area contributed by atoms with Crippen LogP contribution < -0.4 is 10.6 Å². The number of rotatable bonds is 7. The SMILES string of the molecule is CC(C)(CCC(=O)O)NC(=O)NCCN1CCCCC1. The second kappa shape index (κ2) is 8.09. The standard InChI is InChI=1S/C14H27N3O3/c1-14(2,7-6-12(18)19)16-13(20)15-8-11-17-9-4-3-5-10-17/h3-11H2,1-2H3,(H,18,19)(H2,15,16,20). The number of urea groups is 1. The number of carboxylic acid groups (broad SMARTS) is 1. The van der Waals surface area contributed by atoms with Crippen LogP contribution in [0.1, 0.15) is 46.0 Å². The first-order valence-corrected chi connectivity index (χ1v) is 7.39. The van der Waals surface area contributed by atoms with Crippen LogP contribution in [0.25, 0.3) is 0 Å². The highest BCUT2D eigenvalue weighted by atomic mass is 16.4. The third-order valence-corrected chi connectivity index (χ3v) is 3.58. The number of likely N-dealkylation sites (tertiary alicyclic amines) is 1. The number of carbonyl (C=O) groups excluding carboxylic acids is 1. The van der Waals surface area contributed by atoms with Crippen LogP contribution in [0.3, 0.4) is 0 Å². The molecular weight excluding hydrogens is 258 g/mol. The van der Waals surface area contributed by atoms with Gasteiger partial charge in [0.05, 0.1) is 0 Å². The fourth-order valence-electron chi connectivity index (χ4n) is 2.34. The van der Waals surface area contributed by atoms with Gasteiger partial charge in [0, 0.05) is 25.0 Å². The van der Waals surface area contributed by atoms with Crippen LogP contribution in [0, 0.1) is 0 Å². The van der Waals surface area contributed by atoms with Gasteiger partial charge >= 0.3 is 12.0 Å². The van der Waals surface area contributed by atoms with Crippen LogP contribution in [-0.2, 0) is 4.79 Å². The van der Waals surface area contributed by atoms with Gasteiger partial charge in [-0.25, -0.2) is 4.79 Å². The Hall–Kier alpha value is -1.30. The number of aliphatic carboxylic acids is 1. The van der Waals surface area contributed by atoms with E-state index < -0.39 is 11.5 Å². The Morgan fingerprint density at radius 3 is 2.45 bits per heavy atom. The first-order valence-electron chi connectivity index (χ1n) is 7.39. The monoisotopic (exact) mass is 285 g/mol. The van der Waals surface area contributed by atoms with E-state index >= 15 is 0 Å². The average molecular weight is 285 g/mol. The zero-order chi connectivity index (χ0) is 15.0. The minimum Gasteiger partial charge on any atom is -0.481 e. The zero-order valence-corrected chi connectivity index (χ0v) is 12.6. The molecule has 1 rings (SSSR count). The van der Waals surface area contributed by atoms with E-state index in [1.807, 2.05) is 13.8 Å². The van der Waals surface area contributed by atoms with Gasteiger partial charge in [0.2, 0.25) is 0 Å². The summed E-state index contributed by atoms with van der Waals surface area (Å²) in [5.74, 6) is -0.842. The summed E-state index contributed by atoms with van der Waals surface area (Å²) in [5.41, 5.74) is -0.506. The topological polar surface area (TPSA) is 81.7 Å². The van der Waals surface area contributed by atoms with Crippen molar-refractivity contribution in [3.8, 4) is 0 Å². The quantitative estimate of drug-likeness (QED) is 0.660. The second-order valence-electron chi connectivity index (χ2n) is 6.06. The predicted octanol–water partition coefficient (Wildman–Crippen LogP) is 1.41. The van der Waals surface area contributed by atoms with E-state index in [0.717, 1.165) is 19.6 Å². The lowest BCUT2D eigenvalue weighted by Crippen LogP contribution is -2.50. The molecule has 3 N–H and O–H groups in total. The first kappa shape index (κ1) is 16.8. The molecule has 0 spiro atoms. The van der Waals surface area contributed by atoms with Crippen molar-refractivity contribution in [2.75, 3.05) is 26.2 Å². The summed E-state index contributed by atoms with van der Waals surface area (Å²) in [7, 11) is 0. The fraction of sp³-hybridized carbons (Fsp3) is 0.857. The number of piperidine rings is 1. The van der Waals surface area contributed by atoms with Crippen molar-refractivity contribution in [2.24, 2.45) is 0 Å². The molecule has 1 heterocycles. The minimum absolute atomic E-state index is 0.0566. The molecule has 1 saturated heterocycles. The van der Waals surface area contributed by atoms with Crippen LogP contribution in [-0.4, -0.2) is 53.7 Å². The molecule has 0 aromatic carbocycles. The van der Waals surface area contributed by atoms with Gasteiger partial charge < -0.3 is 20.6 Å². The number of nitrogens with zero attached hydrogens (tertiary/aromatic N) is 1. The Morgan fingerprint density at radius 1 is 1.20 bits per heavy atom. The number of carboxylic acids is 1. The lowest BCUT2D eigenvalue weighted by atomic mass is 9.99. The molecular formula is C14H27N3O3. The molecule has 1 aliphatic rings. The third kappa shape index (κ3) is 7.33. The molecule has 0 atom stereocenters. The number of carbonyl (C=O) groups is 2. The predicted molar refractivity (Wildman–Crippen MR) is 77.8 cm³/mol. The van der Waals surface area contributed by atoms with Crippen LogP contribution in [0.4, 0.5) is 4.79 Å². The Morgan fingerprint density at radius 2 is 1.85 bits per heavy atom. The molecule has 0 aromatic rings. The molecule has 0 aromatic heterocycles. The lowest BCUT2D eigenvalue weighted by molar-refractivity contribution is -0.137. The van der Waals surface area contributed by atoms with Gasteiger partial charge in [0.15, 0.2) is 0 Å². The van der Waals surface area contributed by atoms with E-state index in [9.17, 15) is 9.59 Å². The summed E-state index contributed by atoms with van der Waals surface area (Å²) in [4.78, 5) is 24.7. The van der Waals surface area contributed by atoms with Gasteiger partial charge in [-0.15, -0.1) is 0 Å². The van der Waals surface area contributed by atoms with Gasteiger partial charge in [-0.3, -0.25) is 4.79 Å². The number of nitrogens with one attached hydrogen (secondary N) is 2. The molecule has 0 unspecified atom stereocenters. The summed E-state index contributed by atoms with van der Waals surface area (Å²) in [6.45, 7) is 7.41. The zero-order valence-electron chi connectivity index (χ0n) is 12.6. The van der Waals surface area contributed by atoms with E-state index in [2.05, 4.69) is 15.5 Å². The molecule has 20 heavy (non-hydrogen) atoms. The minimum atomic E-state index is -0.842. The van der Waals surface area contributed by atoms with Gasteiger partial charge in [-0.1, -0.05) is 6.42 Å². The van der Waals surface area contributed by atoms with E-state index in [4.69, 9.17) is 5.11 Å². The molecule has 6 nitrogen and oxygen atoms in total. The van der Waals surface area contributed by atoms with Crippen molar-refractivity contribution in [3.63, 3.8) is 0 Å².